The van der Waals surface area contributed by atoms with Crippen LogP contribution in [0.15, 0.2) is 36.7 Å². The summed E-state index contributed by atoms with van der Waals surface area (Å²) in [5, 5.41) is 0.289. The van der Waals surface area contributed by atoms with Crippen molar-refractivity contribution in [1.29, 1.82) is 0 Å². The molecule has 24 heavy (non-hydrogen) atoms. The third kappa shape index (κ3) is 3.82. The second-order valence-electron chi connectivity index (χ2n) is 5.65. The van der Waals surface area contributed by atoms with E-state index in [9.17, 15) is 9.18 Å². The van der Waals surface area contributed by atoms with Gasteiger partial charge in [-0.1, -0.05) is 17.7 Å². The third-order valence-electron chi connectivity index (χ3n) is 4.07. The van der Waals surface area contributed by atoms with Gasteiger partial charge >= 0.3 is 0 Å². The molecule has 1 aliphatic heterocycles. The first-order valence-electron chi connectivity index (χ1n) is 7.88. The molecule has 1 fully saturated rings. The predicted octanol–water partition coefficient (Wildman–Crippen LogP) is 2.55. The van der Waals surface area contributed by atoms with Crippen LogP contribution < -0.4 is 4.90 Å². The Balaban J connectivity index is 1.64. The number of rotatable bonds is 3. The van der Waals surface area contributed by atoms with Gasteiger partial charge < -0.3 is 9.80 Å². The number of benzene rings is 1. The van der Waals surface area contributed by atoms with E-state index in [4.69, 9.17) is 11.6 Å². The Morgan fingerprint density at radius 1 is 1.12 bits per heavy atom. The fourth-order valence-electron chi connectivity index (χ4n) is 2.79. The van der Waals surface area contributed by atoms with Crippen LogP contribution in [0.5, 0.6) is 0 Å². The number of hydrogen-bond acceptors (Lipinski definition) is 4. The van der Waals surface area contributed by atoms with Crippen molar-refractivity contribution in [3.63, 3.8) is 0 Å². The Kier molecular flexibility index (Phi) is 5.25. The van der Waals surface area contributed by atoms with Crippen LogP contribution in [-0.2, 0) is 11.2 Å². The van der Waals surface area contributed by atoms with E-state index in [-0.39, 0.29) is 22.9 Å². The van der Waals surface area contributed by atoms with Gasteiger partial charge in [-0.3, -0.25) is 4.79 Å². The van der Waals surface area contributed by atoms with Gasteiger partial charge in [-0.25, -0.2) is 14.4 Å². The second-order valence-corrected chi connectivity index (χ2v) is 6.05. The van der Waals surface area contributed by atoms with E-state index in [1.165, 1.54) is 12.1 Å². The summed E-state index contributed by atoms with van der Waals surface area (Å²) in [4.78, 5) is 24.8. The molecule has 0 atom stereocenters. The highest BCUT2D eigenvalue weighted by Gasteiger charge is 2.22. The summed E-state index contributed by atoms with van der Waals surface area (Å²) < 4.78 is 13.9. The number of halogens is 2. The number of hydrogen-bond donors (Lipinski definition) is 0. The molecule has 1 amide bonds. The minimum absolute atomic E-state index is 0.0205. The van der Waals surface area contributed by atoms with Crippen molar-refractivity contribution < 1.29 is 9.18 Å². The highest BCUT2D eigenvalue weighted by molar-refractivity contribution is 6.31. The van der Waals surface area contributed by atoms with Gasteiger partial charge in [-0.05, 0) is 24.6 Å². The van der Waals surface area contributed by atoms with Gasteiger partial charge in [-0.15, -0.1) is 0 Å². The Bertz CT molecular complexity index is 693. The summed E-state index contributed by atoms with van der Waals surface area (Å²) in [6.45, 7) is 2.63. The van der Waals surface area contributed by atoms with Gasteiger partial charge in [0.1, 0.15) is 5.82 Å². The van der Waals surface area contributed by atoms with Gasteiger partial charge in [-0.2, -0.15) is 0 Å². The Morgan fingerprint density at radius 2 is 1.92 bits per heavy atom. The fraction of sp³-hybridized carbons (Fsp3) is 0.353. The van der Waals surface area contributed by atoms with Crippen LogP contribution in [-0.4, -0.2) is 47.0 Å². The fourth-order valence-corrected chi connectivity index (χ4v) is 3.02. The van der Waals surface area contributed by atoms with Gasteiger partial charge in [0.15, 0.2) is 0 Å². The number of anilines is 1. The maximum Gasteiger partial charge on any atom is 0.227 e. The minimum atomic E-state index is -0.440. The van der Waals surface area contributed by atoms with E-state index in [1.807, 2.05) is 0 Å². The normalized spacial score (nSPS) is 15.2. The SMILES string of the molecule is O=C(Cc1c(F)cccc1Cl)N1CCCN(c2ncccn2)CC1. The average molecular weight is 349 g/mol. The van der Waals surface area contributed by atoms with Gasteiger partial charge in [0, 0.05) is 49.2 Å². The number of carbonyl (C=O) groups excluding carboxylic acids is 1. The summed E-state index contributed by atoms with van der Waals surface area (Å²) in [7, 11) is 0. The molecule has 5 nitrogen and oxygen atoms in total. The number of carbonyl (C=O) groups is 1. The van der Waals surface area contributed by atoms with Crippen LogP contribution in [0.1, 0.15) is 12.0 Å². The molecule has 0 saturated carbocycles. The van der Waals surface area contributed by atoms with Crippen LogP contribution in [0.25, 0.3) is 0 Å². The largest absolute Gasteiger partial charge is 0.341 e. The summed E-state index contributed by atoms with van der Waals surface area (Å²) in [6.07, 6.45) is 4.20. The molecule has 0 spiro atoms. The summed E-state index contributed by atoms with van der Waals surface area (Å²) >= 11 is 6.01. The van der Waals surface area contributed by atoms with Crippen molar-refractivity contribution in [2.75, 3.05) is 31.1 Å². The lowest BCUT2D eigenvalue weighted by molar-refractivity contribution is -0.130. The Labute approximate surface area is 145 Å². The molecule has 0 bridgehead atoms. The molecule has 7 heteroatoms. The van der Waals surface area contributed by atoms with E-state index < -0.39 is 5.82 Å². The van der Waals surface area contributed by atoms with Crippen molar-refractivity contribution in [3.8, 4) is 0 Å². The molecule has 1 aromatic heterocycles. The molecule has 1 aliphatic rings. The van der Waals surface area contributed by atoms with E-state index >= 15 is 0 Å². The molecule has 1 aromatic carbocycles. The highest BCUT2D eigenvalue weighted by atomic mass is 35.5. The lowest BCUT2D eigenvalue weighted by Crippen LogP contribution is -2.36. The maximum absolute atomic E-state index is 13.9. The molecule has 1 saturated heterocycles. The lowest BCUT2D eigenvalue weighted by atomic mass is 10.1. The van der Waals surface area contributed by atoms with Gasteiger partial charge in [0.2, 0.25) is 11.9 Å². The Morgan fingerprint density at radius 3 is 2.67 bits per heavy atom. The molecule has 0 radical (unpaired) electrons. The molecule has 2 aromatic rings. The molecular weight excluding hydrogens is 331 g/mol. The summed E-state index contributed by atoms with van der Waals surface area (Å²) in [6, 6.07) is 6.24. The smallest absolute Gasteiger partial charge is 0.227 e. The van der Waals surface area contributed by atoms with Gasteiger partial charge in [0.05, 0.1) is 6.42 Å². The first kappa shape index (κ1) is 16.6. The van der Waals surface area contributed by atoms with Crippen molar-refractivity contribution >= 4 is 23.5 Å². The van der Waals surface area contributed by atoms with Gasteiger partial charge in [0.25, 0.3) is 0 Å². The maximum atomic E-state index is 13.9. The zero-order chi connectivity index (χ0) is 16.9. The molecule has 0 N–H and O–H groups in total. The van der Waals surface area contributed by atoms with Crippen molar-refractivity contribution in [1.82, 2.24) is 14.9 Å². The average Bonchev–Trinajstić information content (AvgIpc) is 2.85. The third-order valence-corrected chi connectivity index (χ3v) is 4.43. The monoisotopic (exact) mass is 348 g/mol. The van der Waals surface area contributed by atoms with Crippen LogP contribution in [0, 0.1) is 5.82 Å². The van der Waals surface area contributed by atoms with E-state index in [2.05, 4.69) is 14.9 Å². The standard InChI is InChI=1S/C17H18ClFN4O/c18-14-4-1-5-15(19)13(14)12-16(24)22-8-3-9-23(11-10-22)17-20-6-2-7-21-17/h1-2,4-7H,3,8-12H2. The zero-order valence-electron chi connectivity index (χ0n) is 13.2. The summed E-state index contributed by atoms with van der Waals surface area (Å²) in [5.74, 6) is 0.117. The van der Waals surface area contributed by atoms with E-state index in [1.54, 1.807) is 29.4 Å². The number of amides is 1. The predicted molar refractivity (Wildman–Crippen MR) is 90.6 cm³/mol. The van der Waals surface area contributed by atoms with Crippen molar-refractivity contribution in [2.24, 2.45) is 0 Å². The second kappa shape index (κ2) is 7.57. The first-order chi connectivity index (χ1) is 11.6. The zero-order valence-corrected chi connectivity index (χ0v) is 13.9. The van der Waals surface area contributed by atoms with Crippen molar-refractivity contribution in [3.05, 3.63) is 53.1 Å². The van der Waals surface area contributed by atoms with Crippen LogP contribution in [0.2, 0.25) is 5.02 Å². The first-order valence-corrected chi connectivity index (χ1v) is 8.25. The minimum Gasteiger partial charge on any atom is -0.341 e. The topological polar surface area (TPSA) is 49.3 Å². The van der Waals surface area contributed by atoms with E-state index in [0.29, 0.717) is 25.6 Å². The van der Waals surface area contributed by atoms with Crippen LogP contribution in [0.3, 0.4) is 0 Å². The molecule has 126 valence electrons. The highest BCUT2D eigenvalue weighted by Crippen LogP contribution is 2.20. The lowest BCUT2D eigenvalue weighted by Gasteiger charge is -2.22. The van der Waals surface area contributed by atoms with Crippen LogP contribution >= 0.6 is 11.6 Å². The Hall–Kier alpha value is -2.21. The molecule has 0 unspecified atom stereocenters. The molecule has 0 aliphatic carbocycles. The molecular formula is C17H18ClFN4O. The van der Waals surface area contributed by atoms with Crippen molar-refractivity contribution in [2.45, 2.75) is 12.8 Å². The summed E-state index contributed by atoms with van der Waals surface area (Å²) in [5.41, 5.74) is 0.261. The quantitative estimate of drug-likeness (QED) is 0.855. The number of nitrogens with zero attached hydrogens (tertiary/aromatic N) is 4. The molecule has 3 rings (SSSR count). The number of aromatic nitrogens is 2. The molecule has 2 heterocycles. The van der Waals surface area contributed by atoms with E-state index in [0.717, 1.165) is 13.0 Å². The van der Waals surface area contributed by atoms with Crippen LogP contribution in [0.4, 0.5) is 10.3 Å².